The number of carboxylic acid groups (broad SMARTS) is 1. The summed E-state index contributed by atoms with van der Waals surface area (Å²) in [6.45, 7) is 1.34. The van der Waals surface area contributed by atoms with Crippen LogP contribution in [-0.4, -0.2) is 64.7 Å². The lowest BCUT2D eigenvalue weighted by Crippen LogP contribution is -2.48. The van der Waals surface area contributed by atoms with Gasteiger partial charge in [-0.1, -0.05) is 0 Å². The largest absolute Gasteiger partial charge is 0.481 e. The molecule has 1 aliphatic heterocycles. The fourth-order valence-electron chi connectivity index (χ4n) is 3.08. The van der Waals surface area contributed by atoms with Gasteiger partial charge in [-0.05, 0) is 18.6 Å². The van der Waals surface area contributed by atoms with Gasteiger partial charge in [-0.2, -0.15) is 4.98 Å². The van der Waals surface area contributed by atoms with Crippen LogP contribution in [0, 0.1) is 0 Å². The van der Waals surface area contributed by atoms with Crippen LogP contribution < -0.4 is 32.1 Å². The van der Waals surface area contributed by atoms with E-state index in [1.165, 1.54) is 6.20 Å². The minimum Gasteiger partial charge on any atom is -0.481 e. The summed E-state index contributed by atoms with van der Waals surface area (Å²) < 4.78 is 0. The molecule has 30 heavy (non-hydrogen) atoms. The predicted molar refractivity (Wildman–Crippen MR) is 112 cm³/mol. The zero-order valence-corrected chi connectivity index (χ0v) is 16.4. The topological polar surface area (TPSA) is 178 Å². The quantitative estimate of drug-likeness (QED) is 0.312. The number of nitrogens with one attached hydrogen (secondary N) is 4. The van der Waals surface area contributed by atoms with Crippen LogP contribution in [0.25, 0.3) is 0 Å². The Labute approximate surface area is 171 Å². The molecule has 1 amide bonds. The van der Waals surface area contributed by atoms with Gasteiger partial charge in [-0.25, -0.2) is 4.98 Å². The lowest BCUT2D eigenvalue weighted by molar-refractivity contribution is -0.137. The standard InChI is InChI=1S/C18H24N8O4/c1-26-11(9-23-15-14(26)17(30)25-18(19)24-15)8-22-12-5-4-10(7-21-12)16(29)20-6-2-3-13(27)28/h4-5,7,11H,2-3,6,8-9H2,1H3,(H,20,29)(H,21,22)(H,27,28)(H4,19,23,24,25,30)/t11-/m1/s1. The molecule has 1 aliphatic rings. The molecule has 0 unspecified atom stereocenters. The minimum atomic E-state index is -0.895. The Morgan fingerprint density at radius 2 is 2.20 bits per heavy atom. The number of carbonyl (C=O) groups excluding carboxylic acids is 1. The normalized spacial score (nSPS) is 15.1. The first kappa shape index (κ1) is 20.9. The summed E-state index contributed by atoms with van der Waals surface area (Å²) in [4.78, 5) is 47.4. The Kier molecular flexibility index (Phi) is 6.35. The molecule has 0 spiro atoms. The molecule has 1 atom stereocenters. The summed E-state index contributed by atoms with van der Waals surface area (Å²) in [5.41, 5.74) is 6.07. The van der Waals surface area contributed by atoms with E-state index in [1.54, 1.807) is 12.1 Å². The summed E-state index contributed by atoms with van der Waals surface area (Å²) >= 11 is 0. The van der Waals surface area contributed by atoms with Gasteiger partial charge >= 0.3 is 5.97 Å². The zero-order chi connectivity index (χ0) is 21.7. The van der Waals surface area contributed by atoms with Crippen molar-refractivity contribution in [3.8, 4) is 0 Å². The number of aromatic nitrogens is 3. The summed E-state index contributed by atoms with van der Waals surface area (Å²) in [6, 6.07) is 3.28. The van der Waals surface area contributed by atoms with Crippen molar-refractivity contribution >= 4 is 35.1 Å². The number of anilines is 4. The summed E-state index contributed by atoms with van der Waals surface area (Å²) in [5.74, 6) is -0.105. The number of nitrogens with zero attached hydrogens (tertiary/aromatic N) is 3. The molecule has 0 radical (unpaired) electrons. The van der Waals surface area contributed by atoms with Crippen LogP contribution in [0.2, 0.25) is 0 Å². The Balaban J connectivity index is 1.53. The van der Waals surface area contributed by atoms with Crippen LogP contribution in [-0.2, 0) is 4.79 Å². The molecule has 0 saturated carbocycles. The maximum Gasteiger partial charge on any atom is 0.303 e. The number of nitrogens with two attached hydrogens (primary N) is 1. The molecule has 3 heterocycles. The third kappa shape index (κ3) is 4.96. The van der Waals surface area contributed by atoms with Crippen LogP contribution in [0.1, 0.15) is 23.2 Å². The van der Waals surface area contributed by atoms with Crippen molar-refractivity contribution in [2.75, 3.05) is 47.9 Å². The van der Waals surface area contributed by atoms with Crippen molar-refractivity contribution in [1.82, 2.24) is 20.3 Å². The number of hydrogen-bond acceptors (Lipinski definition) is 9. The van der Waals surface area contributed by atoms with Gasteiger partial charge in [-0.3, -0.25) is 19.4 Å². The number of H-pyrrole nitrogens is 1. The smallest absolute Gasteiger partial charge is 0.303 e. The molecule has 2 aromatic heterocycles. The lowest BCUT2D eigenvalue weighted by Gasteiger charge is -2.35. The first-order chi connectivity index (χ1) is 14.3. The van der Waals surface area contributed by atoms with Crippen molar-refractivity contribution in [2.24, 2.45) is 0 Å². The average Bonchev–Trinajstić information content (AvgIpc) is 2.70. The maximum absolute atomic E-state index is 12.2. The molecule has 160 valence electrons. The van der Waals surface area contributed by atoms with Crippen LogP contribution >= 0.6 is 0 Å². The van der Waals surface area contributed by atoms with Crippen LogP contribution in [0.3, 0.4) is 0 Å². The van der Waals surface area contributed by atoms with E-state index >= 15 is 0 Å². The highest BCUT2D eigenvalue weighted by molar-refractivity contribution is 5.94. The van der Waals surface area contributed by atoms with Gasteiger partial charge in [0.05, 0.1) is 11.6 Å². The van der Waals surface area contributed by atoms with Crippen molar-refractivity contribution in [3.05, 3.63) is 34.2 Å². The first-order valence-corrected chi connectivity index (χ1v) is 9.41. The summed E-state index contributed by atoms with van der Waals surface area (Å²) in [5, 5.41) is 17.6. The fraction of sp³-hybridized carbons (Fsp3) is 0.389. The minimum absolute atomic E-state index is 0.00560. The summed E-state index contributed by atoms with van der Waals surface area (Å²) in [7, 11) is 1.81. The van der Waals surface area contributed by atoms with Crippen molar-refractivity contribution in [3.63, 3.8) is 0 Å². The number of likely N-dealkylation sites (N-methyl/N-ethyl adjacent to an activating group) is 1. The average molecular weight is 416 g/mol. The third-order valence-corrected chi connectivity index (χ3v) is 4.72. The molecule has 0 bridgehead atoms. The first-order valence-electron chi connectivity index (χ1n) is 9.41. The van der Waals surface area contributed by atoms with E-state index in [4.69, 9.17) is 10.8 Å². The van der Waals surface area contributed by atoms with E-state index in [1.807, 2.05) is 11.9 Å². The molecular weight excluding hydrogens is 392 g/mol. The highest BCUT2D eigenvalue weighted by Gasteiger charge is 2.27. The van der Waals surface area contributed by atoms with E-state index in [2.05, 4.69) is 30.9 Å². The van der Waals surface area contributed by atoms with Gasteiger partial charge in [0.15, 0.2) is 5.82 Å². The second-order valence-electron chi connectivity index (χ2n) is 6.86. The number of carboxylic acids is 1. The van der Waals surface area contributed by atoms with Gasteiger partial charge in [0, 0.05) is 39.3 Å². The monoisotopic (exact) mass is 416 g/mol. The number of amides is 1. The van der Waals surface area contributed by atoms with Gasteiger partial charge in [0.1, 0.15) is 11.5 Å². The number of aliphatic carboxylic acids is 1. The number of carbonyl (C=O) groups is 2. The van der Waals surface area contributed by atoms with Crippen LogP contribution in [0.5, 0.6) is 0 Å². The molecule has 0 saturated heterocycles. The van der Waals surface area contributed by atoms with Crippen molar-refractivity contribution in [2.45, 2.75) is 18.9 Å². The summed E-state index contributed by atoms with van der Waals surface area (Å²) in [6.07, 6.45) is 1.82. The highest BCUT2D eigenvalue weighted by Crippen LogP contribution is 2.24. The molecule has 0 aromatic carbocycles. The van der Waals surface area contributed by atoms with Crippen molar-refractivity contribution < 1.29 is 14.7 Å². The van der Waals surface area contributed by atoms with E-state index < -0.39 is 5.97 Å². The maximum atomic E-state index is 12.2. The Hall–Kier alpha value is -3.83. The lowest BCUT2D eigenvalue weighted by atomic mass is 10.2. The molecule has 12 nitrogen and oxygen atoms in total. The van der Waals surface area contributed by atoms with Gasteiger partial charge in [-0.15, -0.1) is 0 Å². The van der Waals surface area contributed by atoms with Gasteiger partial charge < -0.3 is 31.7 Å². The van der Waals surface area contributed by atoms with Crippen LogP contribution in [0.4, 0.5) is 23.3 Å². The highest BCUT2D eigenvalue weighted by atomic mass is 16.4. The Bertz CT molecular complexity index is 975. The molecule has 2 aromatic rings. The number of rotatable bonds is 8. The van der Waals surface area contributed by atoms with E-state index in [-0.39, 0.29) is 36.4 Å². The molecule has 12 heteroatoms. The molecule has 7 N–H and O–H groups in total. The number of hydrogen-bond donors (Lipinski definition) is 6. The second-order valence-corrected chi connectivity index (χ2v) is 6.86. The van der Waals surface area contributed by atoms with E-state index in [0.29, 0.717) is 42.4 Å². The molecule has 0 aliphatic carbocycles. The molecule has 3 rings (SSSR count). The Morgan fingerprint density at radius 1 is 1.40 bits per heavy atom. The van der Waals surface area contributed by atoms with E-state index in [9.17, 15) is 14.4 Å². The molecular formula is C18H24N8O4. The number of pyridine rings is 1. The number of aromatic amines is 1. The molecule has 0 fully saturated rings. The predicted octanol–water partition coefficient (Wildman–Crippen LogP) is -0.316. The third-order valence-electron chi connectivity index (χ3n) is 4.72. The number of nitrogen functional groups attached to an aromatic ring is 1. The fourth-order valence-corrected chi connectivity index (χ4v) is 3.08. The zero-order valence-electron chi connectivity index (χ0n) is 16.4. The van der Waals surface area contributed by atoms with Gasteiger partial charge in [0.2, 0.25) is 5.95 Å². The van der Waals surface area contributed by atoms with Crippen molar-refractivity contribution in [1.29, 1.82) is 0 Å². The van der Waals surface area contributed by atoms with Gasteiger partial charge in [0.25, 0.3) is 11.5 Å². The number of fused-ring (bicyclic) bond motifs is 1. The van der Waals surface area contributed by atoms with Crippen LogP contribution in [0.15, 0.2) is 23.1 Å². The SMILES string of the molecule is CN1c2c(nc(N)[nH]c2=O)NC[C@H]1CNc1ccc(C(=O)NCCCC(=O)O)cn1. The Morgan fingerprint density at radius 3 is 2.90 bits per heavy atom. The van der Waals surface area contributed by atoms with E-state index in [0.717, 1.165) is 0 Å². The second kappa shape index (κ2) is 9.11.